The van der Waals surface area contributed by atoms with Crippen LogP contribution in [0, 0.1) is 0 Å². The molecule has 0 aliphatic carbocycles. The van der Waals surface area contributed by atoms with Gasteiger partial charge in [0.15, 0.2) is 0 Å². The van der Waals surface area contributed by atoms with Gasteiger partial charge in [0.2, 0.25) is 11.8 Å². The summed E-state index contributed by atoms with van der Waals surface area (Å²) in [6, 6.07) is 9.99. The molecule has 178 valence electrons. The Kier molecular flexibility index (Phi) is 6.64. The Morgan fingerprint density at radius 3 is 2.65 bits per heavy atom. The second-order valence-electron chi connectivity index (χ2n) is 7.97. The zero-order valence-electron chi connectivity index (χ0n) is 19.1. The molecule has 0 bridgehead atoms. The third-order valence-corrected chi connectivity index (χ3v) is 6.46. The van der Waals surface area contributed by atoms with Crippen LogP contribution in [0.2, 0.25) is 0 Å². The Labute approximate surface area is 200 Å². The predicted molar refractivity (Wildman–Crippen MR) is 124 cm³/mol. The summed E-state index contributed by atoms with van der Waals surface area (Å²) in [4.78, 5) is 42.3. The lowest BCUT2D eigenvalue weighted by Gasteiger charge is -2.24. The van der Waals surface area contributed by atoms with Crippen molar-refractivity contribution in [2.75, 3.05) is 20.2 Å². The Balaban J connectivity index is 1.47. The van der Waals surface area contributed by atoms with Crippen molar-refractivity contribution in [2.45, 2.75) is 32.4 Å². The van der Waals surface area contributed by atoms with E-state index in [9.17, 15) is 14.4 Å². The van der Waals surface area contributed by atoms with Crippen LogP contribution in [0.4, 0.5) is 4.79 Å². The maximum atomic E-state index is 13.2. The number of thiophene rings is 1. The van der Waals surface area contributed by atoms with Crippen LogP contribution in [-0.4, -0.2) is 58.0 Å². The molecular weight excluding hydrogens is 458 g/mol. The summed E-state index contributed by atoms with van der Waals surface area (Å²) in [6.45, 7) is 3.66. The number of benzene rings is 1. The van der Waals surface area contributed by atoms with Crippen LogP contribution in [0.25, 0.3) is 10.8 Å². The highest BCUT2D eigenvalue weighted by Crippen LogP contribution is 2.30. The second kappa shape index (κ2) is 9.64. The van der Waals surface area contributed by atoms with Gasteiger partial charge in [0.05, 0.1) is 18.5 Å². The van der Waals surface area contributed by atoms with E-state index in [1.54, 1.807) is 38.3 Å². The highest BCUT2D eigenvalue weighted by Gasteiger charge is 2.49. The first-order chi connectivity index (χ1) is 16.4. The average Bonchev–Trinajstić information content (AvgIpc) is 3.57. The molecule has 1 atom stereocenters. The van der Waals surface area contributed by atoms with E-state index in [4.69, 9.17) is 9.15 Å². The summed E-state index contributed by atoms with van der Waals surface area (Å²) in [6.07, 6.45) is 0.682. The molecule has 1 unspecified atom stereocenters. The van der Waals surface area contributed by atoms with Crippen LogP contribution in [-0.2, 0) is 21.7 Å². The van der Waals surface area contributed by atoms with Crippen molar-refractivity contribution in [1.29, 1.82) is 0 Å². The molecule has 2 aromatic heterocycles. The predicted octanol–water partition coefficient (Wildman–Crippen LogP) is 3.01. The number of nitrogens with zero attached hydrogens (tertiary/aromatic N) is 4. The highest BCUT2D eigenvalue weighted by molar-refractivity contribution is 7.13. The monoisotopic (exact) mass is 483 g/mol. The van der Waals surface area contributed by atoms with Gasteiger partial charge in [-0.05, 0) is 42.5 Å². The van der Waals surface area contributed by atoms with Gasteiger partial charge in [-0.15, -0.1) is 21.5 Å². The summed E-state index contributed by atoms with van der Waals surface area (Å²) in [5.41, 5.74) is -0.680. The molecule has 1 saturated heterocycles. The zero-order valence-corrected chi connectivity index (χ0v) is 19.9. The minimum Gasteiger partial charge on any atom is -0.497 e. The van der Waals surface area contributed by atoms with E-state index in [0.29, 0.717) is 30.2 Å². The van der Waals surface area contributed by atoms with Gasteiger partial charge in [-0.2, -0.15) is 0 Å². The number of hydrogen-bond donors (Lipinski definition) is 1. The van der Waals surface area contributed by atoms with E-state index in [1.807, 2.05) is 24.4 Å². The lowest BCUT2D eigenvalue weighted by Crippen LogP contribution is -2.44. The molecule has 4 amide bonds. The van der Waals surface area contributed by atoms with Gasteiger partial charge in [0.25, 0.3) is 11.8 Å². The van der Waals surface area contributed by atoms with Crippen molar-refractivity contribution in [3.8, 4) is 16.5 Å². The molecule has 3 aromatic rings. The number of methoxy groups -OCH3 is 1. The molecule has 0 spiro atoms. The Morgan fingerprint density at radius 1 is 1.24 bits per heavy atom. The summed E-state index contributed by atoms with van der Waals surface area (Å²) in [7, 11) is 1.55. The number of amides is 4. The van der Waals surface area contributed by atoms with E-state index in [0.717, 1.165) is 9.78 Å². The largest absolute Gasteiger partial charge is 0.497 e. The molecule has 0 saturated carbocycles. The van der Waals surface area contributed by atoms with Crippen LogP contribution in [0.1, 0.15) is 31.7 Å². The number of imide groups is 1. The molecule has 1 aliphatic heterocycles. The molecule has 3 heterocycles. The summed E-state index contributed by atoms with van der Waals surface area (Å²) >= 11 is 1.47. The average molecular weight is 484 g/mol. The molecule has 1 fully saturated rings. The van der Waals surface area contributed by atoms with Gasteiger partial charge in [-0.1, -0.05) is 25.1 Å². The third kappa shape index (κ3) is 4.51. The highest BCUT2D eigenvalue weighted by atomic mass is 32.1. The van der Waals surface area contributed by atoms with Gasteiger partial charge >= 0.3 is 6.03 Å². The number of ether oxygens (including phenoxy) is 1. The third-order valence-electron chi connectivity index (χ3n) is 5.61. The normalized spacial score (nSPS) is 17.7. The quantitative estimate of drug-likeness (QED) is 0.465. The van der Waals surface area contributed by atoms with Crippen LogP contribution in [0.5, 0.6) is 5.75 Å². The van der Waals surface area contributed by atoms with E-state index in [1.165, 1.54) is 16.2 Å². The van der Waals surface area contributed by atoms with Gasteiger partial charge < -0.3 is 19.4 Å². The lowest BCUT2D eigenvalue weighted by atomic mass is 9.92. The molecule has 34 heavy (non-hydrogen) atoms. The molecule has 1 aliphatic rings. The van der Waals surface area contributed by atoms with Crippen LogP contribution in [0.3, 0.4) is 0 Å². The fourth-order valence-electron chi connectivity index (χ4n) is 3.74. The molecule has 1 aromatic carbocycles. The zero-order chi connectivity index (χ0) is 24.3. The Bertz CT molecular complexity index is 1180. The first-order valence-electron chi connectivity index (χ1n) is 10.8. The van der Waals surface area contributed by atoms with Crippen molar-refractivity contribution in [2.24, 2.45) is 0 Å². The molecule has 11 heteroatoms. The Morgan fingerprint density at radius 2 is 2.00 bits per heavy atom. The second-order valence-corrected chi connectivity index (χ2v) is 8.92. The van der Waals surface area contributed by atoms with Gasteiger partial charge in [0.1, 0.15) is 17.8 Å². The van der Waals surface area contributed by atoms with E-state index >= 15 is 0 Å². The maximum Gasteiger partial charge on any atom is 0.325 e. The van der Waals surface area contributed by atoms with Crippen molar-refractivity contribution in [1.82, 2.24) is 25.3 Å². The van der Waals surface area contributed by atoms with Gasteiger partial charge in [-0.3, -0.25) is 14.5 Å². The molecule has 10 nitrogen and oxygen atoms in total. The van der Waals surface area contributed by atoms with Crippen molar-refractivity contribution < 1.29 is 23.5 Å². The molecule has 1 N–H and O–H groups in total. The first-order valence-corrected chi connectivity index (χ1v) is 11.7. The maximum absolute atomic E-state index is 13.2. The van der Waals surface area contributed by atoms with Gasteiger partial charge in [0, 0.05) is 6.54 Å². The van der Waals surface area contributed by atoms with Gasteiger partial charge in [-0.25, -0.2) is 4.79 Å². The van der Waals surface area contributed by atoms with Crippen LogP contribution in [0.15, 0.2) is 46.2 Å². The summed E-state index contributed by atoms with van der Waals surface area (Å²) < 4.78 is 10.9. The lowest BCUT2D eigenvalue weighted by molar-refractivity contribution is -0.139. The minimum atomic E-state index is -1.28. The molecule has 0 radical (unpaired) electrons. The first kappa shape index (κ1) is 23.4. The number of carbonyl (C=O) groups excluding carboxylic acids is 3. The number of nitrogens with one attached hydrogen (secondary N) is 1. The van der Waals surface area contributed by atoms with E-state index in [-0.39, 0.29) is 24.9 Å². The number of aromatic nitrogens is 2. The smallest absolute Gasteiger partial charge is 0.325 e. The number of rotatable bonds is 9. The topological polar surface area (TPSA) is 118 Å². The number of carbonyl (C=O) groups is 3. The fourth-order valence-corrected chi connectivity index (χ4v) is 4.38. The van der Waals surface area contributed by atoms with Crippen molar-refractivity contribution in [3.05, 3.63) is 53.2 Å². The SMILES string of the molecule is CCCN(Cc1nnc(-c2cccs2)o1)C(=O)CN1C(=O)NC(C)(c2ccc(OC)cc2)C1=O. The number of hydrogen-bond acceptors (Lipinski definition) is 8. The van der Waals surface area contributed by atoms with Crippen LogP contribution >= 0.6 is 11.3 Å². The number of urea groups is 1. The van der Waals surface area contributed by atoms with Crippen LogP contribution < -0.4 is 10.1 Å². The molecule has 4 rings (SSSR count). The molecular formula is C23H25N5O5S. The van der Waals surface area contributed by atoms with Crippen molar-refractivity contribution >= 4 is 29.2 Å². The standard InChI is InChI=1S/C23H25N5O5S/c1-4-11-27(13-18-25-26-20(33-18)17-6-5-12-34-17)19(29)14-28-21(30)23(2,24-22(28)31)15-7-9-16(32-3)10-8-15/h5-10,12H,4,11,13-14H2,1-3H3,(H,24,31). The summed E-state index contributed by atoms with van der Waals surface area (Å²) in [5, 5.41) is 12.7. The summed E-state index contributed by atoms with van der Waals surface area (Å²) in [5.74, 6) is 0.420. The van der Waals surface area contributed by atoms with Crippen molar-refractivity contribution in [3.63, 3.8) is 0 Å². The van der Waals surface area contributed by atoms with E-state index in [2.05, 4.69) is 15.5 Å². The van der Waals surface area contributed by atoms with E-state index < -0.39 is 17.5 Å². The Hall–Kier alpha value is -3.73. The fraction of sp³-hybridized carbons (Fsp3) is 0.348. The minimum absolute atomic E-state index is 0.0877.